The fraction of sp³-hybridized carbons (Fsp3) is 0.500. The summed E-state index contributed by atoms with van der Waals surface area (Å²) in [6.45, 7) is 0.907. The van der Waals surface area contributed by atoms with Gasteiger partial charge in [0.2, 0.25) is 5.91 Å². The summed E-state index contributed by atoms with van der Waals surface area (Å²) < 4.78 is 5.41. The zero-order valence-corrected chi connectivity index (χ0v) is 12.5. The molecule has 1 saturated carbocycles. The van der Waals surface area contributed by atoms with Gasteiger partial charge in [-0.15, -0.1) is 0 Å². The summed E-state index contributed by atoms with van der Waals surface area (Å²) in [4.78, 5) is 14.4. The lowest BCUT2D eigenvalue weighted by Gasteiger charge is -2.37. The summed E-state index contributed by atoms with van der Waals surface area (Å²) in [5.74, 6) is 1.73. The van der Waals surface area contributed by atoms with Crippen molar-refractivity contribution in [2.45, 2.75) is 38.1 Å². The molecule has 1 aromatic rings. The Morgan fingerprint density at radius 3 is 2.90 bits per heavy atom. The number of methoxy groups -OCH3 is 1. The van der Waals surface area contributed by atoms with Gasteiger partial charge in [0.05, 0.1) is 13.2 Å². The van der Waals surface area contributed by atoms with Crippen LogP contribution in [0.1, 0.15) is 49.3 Å². The third kappa shape index (κ3) is 1.98. The van der Waals surface area contributed by atoms with Crippen molar-refractivity contribution in [2.75, 3.05) is 13.7 Å². The van der Waals surface area contributed by atoms with E-state index in [2.05, 4.69) is 23.1 Å². The Balaban J connectivity index is 1.83. The van der Waals surface area contributed by atoms with Crippen LogP contribution in [-0.4, -0.2) is 24.5 Å². The number of benzene rings is 1. The molecule has 3 aliphatic rings. The molecule has 4 rings (SSSR count). The van der Waals surface area contributed by atoms with Gasteiger partial charge in [-0.3, -0.25) is 4.79 Å². The molecule has 2 atom stereocenters. The monoisotopic (exact) mass is 283 g/mol. The van der Waals surface area contributed by atoms with Crippen LogP contribution in [0.15, 0.2) is 23.8 Å². The number of fused-ring (bicyclic) bond motifs is 2. The van der Waals surface area contributed by atoms with Gasteiger partial charge >= 0.3 is 0 Å². The van der Waals surface area contributed by atoms with E-state index < -0.39 is 0 Å². The Morgan fingerprint density at radius 2 is 2.14 bits per heavy atom. The maximum absolute atomic E-state index is 12.3. The number of carbonyl (C=O) groups excluding carboxylic acids is 1. The smallest absolute Gasteiger partial charge is 0.223 e. The second kappa shape index (κ2) is 4.90. The van der Waals surface area contributed by atoms with E-state index >= 15 is 0 Å². The van der Waals surface area contributed by atoms with Crippen LogP contribution in [0, 0.1) is 5.92 Å². The average molecular weight is 283 g/mol. The van der Waals surface area contributed by atoms with Crippen LogP contribution in [-0.2, 0) is 4.79 Å². The standard InChI is InChI=1S/C18H21NO2/c1-21-14-8-7-13-10-12-4-2-5-15(12)18(16(13)11-14)19-9-3-6-17(19)20/h7-8,10-11,15,18H,2-6,9H2,1H3/t15-,18+/m1/s1. The van der Waals surface area contributed by atoms with Crippen LogP contribution in [0.5, 0.6) is 5.75 Å². The minimum atomic E-state index is 0.229. The Kier molecular flexibility index (Phi) is 3.02. The molecule has 0 aromatic heterocycles. The zero-order chi connectivity index (χ0) is 14.4. The van der Waals surface area contributed by atoms with Crippen LogP contribution >= 0.6 is 0 Å². The lowest BCUT2D eigenvalue weighted by atomic mass is 9.80. The highest BCUT2D eigenvalue weighted by Gasteiger charge is 2.41. The fourth-order valence-corrected chi connectivity index (χ4v) is 4.27. The molecule has 0 bridgehead atoms. The molecule has 3 heteroatoms. The minimum absolute atomic E-state index is 0.229. The SMILES string of the molecule is COc1ccc2c(c1)[C@@H](N1CCCC1=O)[C@@H]1CCCC1=C2. The Bertz CT molecular complexity index is 620. The molecule has 0 unspecified atom stereocenters. The van der Waals surface area contributed by atoms with Crippen molar-refractivity contribution in [3.8, 4) is 5.75 Å². The predicted octanol–water partition coefficient (Wildman–Crippen LogP) is 3.56. The number of nitrogens with zero attached hydrogens (tertiary/aromatic N) is 1. The van der Waals surface area contributed by atoms with Gasteiger partial charge in [0, 0.05) is 18.9 Å². The number of hydrogen-bond acceptors (Lipinski definition) is 2. The molecule has 0 spiro atoms. The molecular formula is C18H21NO2. The first-order valence-electron chi connectivity index (χ1n) is 7.96. The third-order valence-electron chi connectivity index (χ3n) is 5.24. The van der Waals surface area contributed by atoms with Crippen LogP contribution < -0.4 is 4.74 Å². The van der Waals surface area contributed by atoms with Gasteiger partial charge in [0.15, 0.2) is 0 Å². The van der Waals surface area contributed by atoms with Crippen LogP contribution in [0.3, 0.4) is 0 Å². The van der Waals surface area contributed by atoms with Crippen molar-refractivity contribution in [3.05, 3.63) is 34.9 Å². The second-order valence-electron chi connectivity index (χ2n) is 6.35. The highest BCUT2D eigenvalue weighted by atomic mass is 16.5. The molecule has 1 aliphatic heterocycles. The molecule has 3 nitrogen and oxygen atoms in total. The number of amides is 1. The van der Waals surface area contributed by atoms with Crippen LogP contribution in [0.4, 0.5) is 0 Å². The van der Waals surface area contributed by atoms with Crippen molar-refractivity contribution in [1.82, 2.24) is 4.90 Å². The van der Waals surface area contributed by atoms with Gasteiger partial charge in [-0.25, -0.2) is 0 Å². The van der Waals surface area contributed by atoms with Gasteiger partial charge in [0.1, 0.15) is 5.75 Å². The van der Waals surface area contributed by atoms with Gasteiger partial charge in [-0.05, 0) is 48.9 Å². The van der Waals surface area contributed by atoms with Crippen molar-refractivity contribution in [3.63, 3.8) is 0 Å². The first kappa shape index (κ1) is 12.9. The number of rotatable bonds is 2. The summed E-state index contributed by atoms with van der Waals surface area (Å²) in [6.07, 6.45) is 7.71. The minimum Gasteiger partial charge on any atom is -0.497 e. The molecule has 2 fully saturated rings. The van der Waals surface area contributed by atoms with Gasteiger partial charge in [-0.1, -0.05) is 17.7 Å². The van der Waals surface area contributed by atoms with E-state index in [4.69, 9.17) is 4.74 Å². The van der Waals surface area contributed by atoms with Crippen LogP contribution in [0.25, 0.3) is 6.08 Å². The molecule has 1 amide bonds. The maximum Gasteiger partial charge on any atom is 0.223 e. The van der Waals surface area contributed by atoms with Crippen LogP contribution in [0.2, 0.25) is 0 Å². The van der Waals surface area contributed by atoms with E-state index in [1.54, 1.807) is 7.11 Å². The highest BCUT2D eigenvalue weighted by Crippen LogP contribution is 2.49. The quantitative estimate of drug-likeness (QED) is 0.830. The first-order chi connectivity index (χ1) is 10.3. The second-order valence-corrected chi connectivity index (χ2v) is 6.35. The number of hydrogen-bond donors (Lipinski definition) is 0. The molecule has 110 valence electrons. The van der Waals surface area contributed by atoms with E-state index in [-0.39, 0.29) is 6.04 Å². The molecule has 1 heterocycles. The summed E-state index contributed by atoms with van der Waals surface area (Å²) in [5, 5.41) is 0. The van der Waals surface area contributed by atoms with E-state index in [1.807, 2.05) is 6.07 Å². The fourth-order valence-electron chi connectivity index (χ4n) is 4.27. The Morgan fingerprint density at radius 1 is 1.24 bits per heavy atom. The lowest BCUT2D eigenvalue weighted by molar-refractivity contribution is -0.130. The molecule has 1 aromatic carbocycles. The summed E-state index contributed by atoms with van der Waals surface area (Å²) in [7, 11) is 1.71. The van der Waals surface area contributed by atoms with E-state index in [9.17, 15) is 4.79 Å². The van der Waals surface area contributed by atoms with Crippen molar-refractivity contribution < 1.29 is 9.53 Å². The largest absolute Gasteiger partial charge is 0.497 e. The van der Waals surface area contributed by atoms with E-state index in [0.717, 1.165) is 18.7 Å². The molecule has 0 radical (unpaired) electrons. The van der Waals surface area contributed by atoms with Crippen molar-refractivity contribution in [1.29, 1.82) is 0 Å². The summed E-state index contributed by atoms with van der Waals surface area (Å²) in [5.41, 5.74) is 4.09. The Labute approximate surface area is 125 Å². The molecule has 0 N–H and O–H groups in total. The average Bonchev–Trinajstić information content (AvgIpc) is 3.13. The van der Waals surface area contributed by atoms with E-state index in [1.165, 1.54) is 36.0 Å². The number of carbonyl (C=O) groups is 1. The van der Waals surface area contributed by atoms with Gasteiger partial charge in [0.25, 0.3) is 0 Å². The number of likely N-dealkylation sites (tertiary alicyclic amines) is 1. The van der Waals surface area contributed by atoms with Gasteiger partial charge < -0.3 is 9.64 Å². The molecule has 2 aliphatic carbocycles. The van der Waals surface area contributed by atoms with E-state index in [0.29, 0.717) is 18.2 Å². The first-order valence-corrected chi connectivity index (χ1v) is 7.96. The van der Waals surface area contributed by atoms with Gasteiger partial charge in [-0.2, -0.15) is 0 Å². The summed E-state index contributed by atoms with van der Waals surface area (Å²) >= 11 is 0. The topological polar surface area (TPSA) is 29.5 Å². The third-order valence-corrected chi connectivity index (χ3v) is 5.24. The molecular weight excluding hydrogens is 262 g/mol. The normalized spacial score (nSPS) is 27.4. The molecule has 21 heavy (non-hydrogen) atoms. The summed E-state index contributed by atoms with van der Waals surface area (Å²) in [6, 6.07) is 6.53. The maximum atomic E-state index is 12.3. The number of ether oxygens (including phenoxy) is 1. The highest BCUT2D eigenvalue weighted by molar-refractivity contribution is 5.79. The van der Waals surface area contributed by atoms with Crippen molar-refractivity contribution in [2.24, 2.45) is 5.92 Å². The zero-order valence-electron chi connectivity index (χ0n) is 12.5. The predicted molar refractivity (Wildman–Crippen MR) is 82.0 cm³/mol. The Hall–Kier alpha value is -1.77. The lowest BCUT2D eigenvalue weighted by Crippen LogP contribution is -2.36. The molecule has 1 saturated heterocycles. The van der Waals surface area contributed by atoms with Crippen molar-refractivity contribution >= 4 is 12.0 Å².